The molecular weight excluding hydrogens is 308 g/mol. The monoisotopic (exact) mass is 330 g/mol. The molecule has 24 heavy (non-hydrogen) atoms. The van der Waals surface area contributed by atoms with E-state index in [-0.39, 0.29) is 5.91 Å². The van der Waals surface area contributed by atoms with Crippen molar-refractivity contribution in [3.8, 4) is 0 Å². The Morgan fingerprint density at radius 2 is 2.17 bits per heavy atom. The quantitative estimate of drug-likeness (QED) is 0.866. The molecule has 8 nitrogen and oxygen atoms in total. The Labute approximate surface area is 140 Å². The normalized spacial score (nSPS) is 21.9. The highest BCUT2D eigenvalue weighted by atomic mass is 16.5. The summed E-state index contributed by atoms with van der Waals surface area (Å²) in [5, 5.41) is 14.8. The zero-order chi connectivity index (χ0) is 16.4. The summed E-state index contributed by atoms with van der Waals surface area (Å²) < 4.78 is 4.78. The lowest BCUT2D eigenvalue weighted by Gasteiger charge is -2.31. The van der Waals surface area contributed by atoms with Gasteiger partial charge in [0.05, 0.1) is 0 Å². The van der Waals surface area contributed by atoms with Crippen molar-refractivity contribution in [1.82, 2.24) is 25.6 Å². The molecule has 1 atom stereocenters. The summed E-state index contributed by atoms with van der Waals surface area (Å²) in [4.78, 5) is 16.6. The fourth-order valence-electron chi connectivity index (χ4n) is 3.49. The van der Waals surface area contributed by atoms with Gasteiger partial charge in [0.25, 0.3) is 5.91 Å². The maximum Gasteiger partial charge on any atom is 0.276 e. The number of nitrogens with one attached hydrogen (secondary N) is 2. The van der Waals surface area contributed by atoms with E-state index >= 15 is 0 Å². The van der Waals surface area contributed by atoms with Crippen molar-refractivity contribution in [2.24, 2.45) is 0 Å². The van der Waals surface area contributed by atoms with Crippen molar-refractivity contribution in [3.63, 3.8) is 0 Å². The summed E-state index contributed by atoms with van der Waals surface area (Å²) in [5.74, 6) is 1.24. The van der Waals surface area contributed by atoms with Gasteiger partial charge < -0.3 is 19.6 Å². The molecule has 2 aromatic heterocycles. The number of piperidine rings is 1. The number of carbonyl (C=O) groups is 1. The minimum atomic E-state index is -0.0599. The van der Waals surface area contributed by atoms with E-state index < -0.39 is 0 Å². The van der Waals surface area contributed by atoms with Crippen LogP contribution in [0.2, 0.25) is 0 Å². The zero-order valence-corrected chi connectivity index (χ0v) is 13.6. The topological polar surface area (TPSA) is 90.3 Å². The lowest BCUT2D eigenvalue weighted by atomic mass is 9.94. The van der Waals surface area contributed by atoms with Crippen LogP contribution in [0.1, 0.15) is 34.9 Å². The molecule has 128 valence electrons. The Morgan fingerprint density at radius 3 is 2.96 bits per heavy atom. The second kappa shape index (κ2) is 6.64. The van der Waals surface area contributed by atoms with Crippen LogP contribution < -0.4 is 10.2 Å². The fraction of sp³-hybridized carbons (Fsp3) is 0.562. The number of aromatic nitrogens is 3. The predicted molar refractivity (Wildman–Crippen MR) is 88.1 cm³/mol. The fourth-order valence-corrected chi connectivity index (χ4v) is 3.49. The summed E-state index contributed by atoms with van der Waals surface area (Å²) in [6.07, 6.45) is 3.48. The van der Waals surface area contributed by atoms with E-state index in [9.17, 15) is 4.79 Å². The predicted octanol–water partition coefficient (Wildman–Crippen LogP) is 0.827. The SMILES string of the molecule is O=C(c1ccon1)N1CCCC(c2cc(N3CCNCC3)n[nH]2)C1. The van der Waals surface area contributed by atoms with E-state index in [2.05, 4.69) is 31.6 Å². The van der Waals surface area contributed by atoms with Crippen molar-refractivity contribution >= 4 is 11.7 Å². The van der Waals surface area contributed by atoms with E-state index in [0.29, 0.717) is 18.2 Å². The van der Waals surface area contributed by atoms with Gasteiger partial charge in [-0.2, -0.15) is 5.10 Å². The molecule has 2 aliphatic rings. The number of nitrogens with zero attached hydrogens (tertiary/aromatic N) is 4. The van der Waals surface area contributed by atoms with Crippen LogP contribution in [0.5, 0.6) is 0 Å². The molecule has 1 unspecified atom stereocenters. The zero-order valence-electron chi connectivity index (χ0n) is 13.6. The van der Waals surface area contributed by atoms with Gasteiger partial charge >= 0.3 is 0 Å². The van der Waals surface area contributed by atoms with Crippen LogP contribution in [0.3, 0.4) is 0 Å². The standard InChI is InChI=1S/C16H22N6O2/c23-16(13-3-9-24-20-13)22-6-1-2-12(11-22)14-10-15(19-18-14)21-7-4-17-5-8-21/h3,9-10,12,17H,1-2,4-8,11H2,(H,18,19). The molecule has 2 saturated heterocycles. The number of carbonyl (C=O) groups excluding carboxylic acids is 1. The third-order valence-corrected chi connectivity index (χ3v) is 4.83. The Hall–Kier alpha value is -2.35. The second-order valence-corrected chi connectivity index (χ2v) is 6.39. The lowest BCUT2D eigenvalue weighted by Crippen LogP contribution is -2.43. The molecule has 0 aliphatic carbocycles. The Balaban J connectivity index is 1.44. The molecule has 2 aromatic rings. The van der Waals surface area contributed by atoms with E-state index in [1.54, 1.807) is 6.07 Å². The molecule has 8 heteroatoms. The first kappa shape index (κ1) is 15.2. The molecule has 2 N–H and O–H groups in total. The van der Waals surface area contributed by atoms with Gasteiger partial charge in [-0.05, 0) is 12.8 Å². The number of piperazine rings is 1. The molecule has 4 rings (SSSR count). The summed E-state index contributed by atoms with van der Waals surface area (Å²) in [6, 6.07) is 3.75. The van der Waals surface area contributed by atoms with E-state index in [0.717, 1.165) is 57.1 Å². The highest BCUT2D eigenvalue weighted by Gasteiger charge is 2.28. The van der Waals surface area contributed by atoms with Gasteiger partial charge in [-0.15, -0.1) is 0 Å². The van der Waals surface area contributed by atoms with Crippen LogP contribution >= 0.6 is 0 Å². The van der Waals surface area contributed by atoms with Crippen molar-refractivity contribution < 1.29 is 9.32 Å². The van der Waals surface area contributed by atoms with Crippen LogP contribution in [0.15, 0.2) is 22.9 Å². The van der Waals surface area contributed by atoms with Gasteiger partial charge in [0, 0.05) is 63.0 Å². The third kappa shape index (κ3) is 3.01. The second-order valence-electron chi connectivity index (χ2n) is 6.39. The first-order chi connectivity index (χ1) is 11.8. The molecule has 0 spiro atoms. The molecule has 2 fully saturated rings. The molecular formula is C16H22N6O2. The molecule has 4 heterocycles. The van der Waals surface area contributed by atoms with E-state index in [1.807, 2.05) is 4.90 Å². The first-order valence-corrected chi connectivity index (χ1v) is 8.52. The molecule has 0 aromatic carbocycles. The summed E-state index contributed by atoms with van der Waals surface area (Å²) >= 11 is 0. The molecule has 0 saturated carbocycles. The van der Waals surface area contributed by atoms with Gasteiger partial charge in [-0.3, -0.25) is 9.89 Å². The van der Waals surface area contributed by atoms with Crippen LogP contribution in [0, 0.1) is 0 Å². The Bertz CT molecular complexity index is 677. The molecule has 0 radical (unpaired) electrons. The first-order valence-electron chi connectivity index (χ1n) is 8.52. The minimum absolute atomic E-state index is 0.0599. The summed E-state index contributed by atoms with van der Waals surface area (Å²) in [5.41, 5.74) is 1.49. The molecule has 1 amide bonds. The number of hydrogen-bond donors (Lipinski definition) is 2. The van der Waals surface area contributed by atoms with E-state index in [4.69, 9.17) is 4.52 Å². The number of anilines is 1. The van der Waals surface area contributed by atoms with Crippen LogP contribution in [0.25, 0.3) is 0 Å². The number of amides is 1. The van der Waals surface area contributed by atoms with Crippen molar-refractivity contribution in [2.75, 3.05) is 44.2 Å². The number of aromatic amines is 1. The summed E-state index contributed by atoms with van der Waals surface area (Å²) in [6.45, 7) is 5.39. The lowest BCUT2D eigenvalue weighted by molar-refractivity contribution is 0.0695. The van der Waals surface area contributed by atoms with Gasteiger partial charge in [0.1, 0.15) is 6.26 Å². The van der Waals surface area contributed by atoms with Gasteiger partial charge in [-0.25, -0.2) is 0 Å². The van der Waals surface area contributed by atoms with E-state index in [1.165, 1.54) is 6.26 Å². The minimum Gasteiger partial charge on any atom is -0.364 e. The number of hydrogen-bond acceptors (Lipinski definition) is 6. The average molecular weight is 330 g/mol. The Morgan fingerprint density at radius 1 is 1.29 bits per heavy atom. The molecule has 2 aliphatic heterocycles. The largest absolute Gasteiger partial charge is 0.364 e. The van der Waals surface area contributed by atoms with Gasteiger partial charge in [0.15, 0.2) is 11.5 Å². The maximum atomic E-state index is 12.5. The third-order valence-electron chi connectivity index (χ3n) is 4.83. The average Bonchev–Trinajstić information content (AvgIpc) is 3.34. The van der Waals surface area contributed by atoms with Gasteiger partial charge in [0.2, 0.25) is 0 Å². The van der Waals surface area contributed by atoms with Crippen LogP contribution in [0.4, 0.5) is 5.82 Å². The number of rotatable bonds is 3. The highest BCUT2D eigenvalue weighted by Crippen LogP contribution is 2.28. The molecule has 0 bridgehead atoms. The van der Waals surface area contributed by atoms with Crippen LogP contribution in [-0.4, -0.2) is 65.4 Å². The number of likely N-dealkylation sites (tertiary alicyclic amines) is 1. The number of H-pyrrole nitrogens is 1. The Kier molecular flexibility index (Phi) is 4.20. The summed E-state index contributed by atoms with van der Waals surface area (Å²) in [7, 11) is 0. The van der Waals surface area contributed by atoms with Gasteiger partial charge in [-0.1, -0.05) is 5.16 Å². The van der Waals surface area contributed by atoms with Crippen molar-refractivity contribution in [3.05, 3.63) is 29.8 Å². The van der Waals surface area contributed by atoms with Crippen molar-refractivity contribution in [2.45, 2.75) is 18.8 Å². The maximum absolute atomic E-state index is 12.5. The smallest absolute Gasteiger partial charge is 0.276 e. The highest BCUT2D eigenvalue weighted by molar-refractivity contribution is 5.92. The van der Waals surface area contributed by atoms with Crippen molar-refractivity contribution in [1.29, 1.82) is 0 Å². The van der Waals surface area contributed by atoms with Crippen LogP contribution in [-0.2, 0) is 0 Å².